The van der Waals surface area contributed by atoms with Crippen LogP contribution in [0.3, 0.4) is 0 Å². The second-order valence-corrected chi connectivity index (χ2v) is 6.87. The minimum Gasteiger partial charge on any atom is -0.467 e. The number of fused-ring (bicyclic) bond motifs is 1. The van der Waals surface area contributed by atoms with E-state index in [1.165, 1.54) is 19.2 Å². The number of hydrogen-bond acceptors (Lipinski definition) is 7. The third-order valence-corrected chi connectivity index (χ3v) is 4.64. The third-order valence-electron chi connectivity index (χ3n) is 4.64. The molecule has 0 aliphatic rings. The quantitative estimate of drug-likeness (QED) is 0.476. The zero-order valence-electron chi connectivity index (χ0n) is 17.2. The highest BCUT2D eigenvalue weighted by molar-refractivity contribution is 5.86. The fourth-order valence-electron chi connectivity index (χ4n) is 3.10. The van der Waals surface area contributed by atoms with Crippen molar-refractivity contribution in [1.82, 2.24) is 15.1 Å². The molecule has 10 heteroatoms. The molecule has 0 spiro atoms. The number of nitrogens with one attached hydrogen (secondary N) is 2. The predicted molar refractivity (Wildman–Crippen MR) is 114 cm³/mol. The first-order valence-corrected chi connectivity index (χ1v) is 9.67. The zero-order chi connectivity index (χ0) is 23.1. The lowest BCUT2D eigenvalue weighted by atomic mass is 10.1. The second kappa shape index (κ2) is 10.2. The highest BCUT2D eigenvalue weighted by Gasteiger charge is 2.22. The molecular formula is C22H21N3O7. The molecule has 32 heavy (non-hydrogen) atoms. The largest absolute Gasteiger partial charge is 0.467 e. The number of esters is 2. The summed E-state index contributed by atoms with van der Waals surface area (Å²) >= 11 is 0. The Labute approximate surface area is 181 Å². The van der Waals surface area contributed by atoms with Crippen LogP contribution >= 0.6 is 0 Å². The van der Waals surface area contributed by atoms with Crippen LogP contribution in [0, 0.1) is 0 Å². The van der Waals surface area contributed by atoms with Gasteiger partial charge in [0.1, 0.15) is 12.6 Å². The summed E-state index contributed by atoms with van der Waals surface area (Å²) in [5.41, 5.74) is -0.303. The molecule has 166 valence electrons. The third kappa shape index (κ3) is 5.48. The Morgan fingerprint density at radius 3 is 2.34 bits per heavy atom. The topological polar surface area (TPSA) is 137 Å². The van der Waals surface area contributed by atoms with E-state index in [1.807, 2.05) is 6.07 Å². The van der Waals surface area contributed by atoms with Gasteiger partial charge >= 0.3 is 11.9 Å². The summed E-state index contributed by atoms with van der Waals surface area (Å²) in [5, 5.41) is 5.13. The van der Waals surface area contributed by atoms with Gasteiger partial charge in [0.25, 0.3) is 17.0 Å². The number of methoxy groups -OCH3 is 1. The average Bonchev–Trinajstić information content (AvgIpc) is 2.81. The van der Waals surface area contributed by atoms with Crippen molar-refractivity contribution in [3.8, 4) is 0 Å². The molecule has 2 aromatic carbocycles. The van der Waals surface area contributed by atoms with E-state index in [0.29, 0.717) is 0 Å². The van der Waals surface area contributed by atoms with Crippen LogP contribution in [0.25, 0.3) is 10.8 Å². The van der Waals surface area contributed by atoms with Gasteiger partial charge in [-0.2, -0.15) is 0 Å². The summed E-state index contributed by atoms with van der Waals surface area (Å²) in [6, 6.07) is 14.2. The van der Waals surface area contributed by atoms with Crippen molar-refractivity contribution in [2.75, 3.05) is 13.7 Å². The molecule has 0 radical (unpaired) electrons. The van der Waals surface area contributed by atoms with E-state index >= 15 is 0 Å². The molecule has 1 atom stereocenters. The van der Waals surface area contributed by atoms with E-state index in [2.05, 4.69) is 10.4 Å². The molecule has 0 aliphatic heterocycles. The van der Waals surface area contributed by atoms with Crippen molar-refractivity contribution in [3.63, 3.8) is 0 Å². The summed E-state index contributed by atoms with van der Waals surface area (Å²) in [6.45, 7) is -1.26. The van der Waals surface area contributed by atoms with Gasteiger partial charge in [0.2, 0.25) is 0 Å². The number of benzene rings is 2. The Morgan fingerprint density at radius 2 is 1.66 bits per heavy atom. The summed E-state index contributed by atoms with van der Waals surface area (Å²) in [7, 11) is 1.20. The molecule has 1 aromatic heterocycles. The lowest BCUT2D eigenvalue weighted by molar-refractivity contribution is -0.150. The molecule has 2 N–H and O–H groups in total. The van der Waals surface area contributed by atoms with Gasteiger partial charge in [-0.1, -0.05) is 42.5 Å². The molecule has 1 amide bonds. The molecular weight excluding hydrogens is 418 g/mol. The molecule has 3 rings (SSSR count). The Balaban J connectivity index is 1.60. The molecule has 10 nitrogen and oxygen atoms in total. The highest BCUT2D eigenvalue weighted by atomic mass is 16.5. The molecule has 0 fully saturated rings. The van der Waals surface area contributed by atoms with Gasteiger partial charge in [-0.15, -0.1) is 0 Å². The van der Waals surface area contributed by atoms with Gasteiger partial charge < -0.3 is 14.8 Å². The van der Waals surface area contributed by atoms with Crippen LogP contribution in [0.2, 0.25) is 0 Å². The van der Waals surface area contributed by atoms with E-state index < -0.39 is 48.2 Å². The summed E-state index contributed by atoms with van der Waals surface area (Å²) in [6.07, 6.45) is 0.195. The smallest absolute Gasteiger partial charge is 0.328 e. The van der Waals surface area contributed by atoms with Gasteiger partial charge in [-0.25, -0.2) is 9.48 Å². The van der Waals surface area contributed by atoms with Crippen LogP contribution in [0.15, 0.2) is 64.2 Å². The van der Waals surface area contributed by atoms with Crippen LogP contribution in [0.4, 0.5) is 0 Å². The minimum atomic E-state index is -0.965. The number of ether oxygens (including phenoxy) is 2. The van der Waals surface area contributed by atoms with Crippen LogP contribution in [0.5, 0.6) is 0 Å². The van der Waals surface area contributed by atoms with Gasteiger partial charge in [0.05, 0.1) is 17.9 Å². The minimum absolute atomic E-state index is 0.156. The van der Waals surface area contributed by atoms with Crippen molar-refractivity contribution in [2.24, 2.45) is 0 Å². The van der Waals surface area contributed by atoms with Crippen molar-refractivity contribution in [3.05, 3.63) is 80.9 Å². The molecule has 0 aliphatic carbocycles. The summed E-state index contributed by atoms with van der Waals surface area (Å²) in [5.74, 6) is -2.27. The fourth-order valence-corrected chi connectivity index (χ4v) is 3.10. The second-order valence-electron chi connectivity index (χ2n) is 6.87. The number of hydrogen-bond donors (Lipinski definition) is 2. The first-order chi connectivity index (χ1) is 15.4. The fraction of sp³-hybridized carbons (Fsp3) is 0.227. The number of H-pyrrole nitrogens is 1. The first kappa shape index (κ1) is 22.5. The van der Waals surface area contributed by atoms with Crippen molar-refractivity contribution < 1.29 is 23.9 Å². The molecule has 3 aromatic rings. The van der Waals surface area contributed by atoms with Gasteiger partial charge in [0, 0.05) is 6.42 Å². The summed E-state index contributed by atoms with van der Waals surface area (Å²) in [4.78, 5) is 60.8. The Morgan fingerprint density at radius 1 is 1.00 bits per heavy atom. The maximum atomic E-state index is 12.4. The maximum absolute atomic E-state index is 12.4. The molecule has 1 unspecified atom stereocenters. The number of amides is 1. The Hall–Kier alpha value is -4.21. The summed E-state index contributed by atoms with van der Waals surface area (Å²) < 4.78 is 10.4. The van der Waals surface area contributed by atoms with Crippen molar-refractivity contribution in [2.45, 2.75) is 19.0 Å². The van der Waals surface area contributed by atoms with Crippen molar-refractivity contribution >= 4 is 28.6 Å². The standard InChI is InChI=1S/C22H21N3O7/c1-31-22(30)17(11-14-7-3-2-4-8-14)23-18(26)13-32-19(27)12-25-21(29)16-10-6-5-9-15(16)20(28)24-25/h2-10,17H,11-13H2,1H3,(H,23,26)(H,24,28). The van der Waals surface area contributed by atoms with Crippen LogP contribution < -0.4 is 16.4 Å². The van der Waals surface area contributed by atoms with Gasteiger partial charge in [-0.05, 0) is 17.7 Å². The number of aromatic amines is 1. The predicted octanol–water partition coefficient (Wildman–Crippen LogP) is 0.134. The SMILES string of the molecule is COC(=O)C(Cc1ccccc1)NC(=O)COC(=O)Cn1[nH]c(=O)c2ccccc2c1=O. The number of rotatable bonds is 8. The monoisotopic (exact) mass is 439 g/mol. The Bertz CT molecular complexity index is 1250. The lowest BCUT2D eigenvalue weighted by Gasteiger charge is -2.16. The molecule has 0 saturated heterocycles. The van der Waals surface area contributed by atoms with E-state index in [-0.39, 0.29) is 17.2 Å². The zero-order valence-corrected chi connectivity index (χ0v) is 17.2. The molecule has 1 heterocycles. The lowest BCUT2D eigenvalue weighted by Crippen LogP contribution is -2.45. The van der Waals surface area contributed by atoms with Gasteiger partial charge in [-0.3, -0.25) is 24.3 Å². The normalized spacial score (nSPS) is 11.5. The van der Waals surface area contributed by atoms with E-state index in [0.717, 1.165) is 10.2 Å². The molecule has 0 saturated carbocycles. The van der Waals surface area contributed by atoms with E-state index in [4.69, 9.17) is 9.47 Å². The van der Waals surface area contributed by atoms with Gasteiger partial charge in [0.15, 0.2) is 6.61 Å². The Kier molecular flexibility index (Phi) is 7.17. The number of carbonyl (C=O) groups excluding carboxylic acids is 3. The van der Waals surface area contributed by atoms with Crippen LogP contribution in [-0.2, 0) is 36.8 Å². The van der Waals surface area contributed by atoms with Crippen LogP contribution in [0.1, 0.15) is 5.56 Å². The molecule has 0 bridgehead atoms. The number of aromatic nitrogens is 2. The number of nitrogens with zero attached hydrogens (tertiary/aromatic N) is 1. The van der Waals surface area contributed by atoms with Crippen molar-refractivity contribution in [1.29, 1.82) is 0 Å². The number of carbonyl (C=O) groups is 3. The van der Waals surface area contributed by atoms with E-state index in [9.17, 15) is 24.0 Å². The van der Waals surface area contributed by atoms with E-state index in [1.54, 1.807) is 36.4 Å². The maximum Gasteiger partial charge on any atom is 0.328 e. The average molecular weight is 439 g/mol. The highest BCUT2D eigenvalue weighted by Crippen LogP contribution is 2.05. The van der Waals surface area contributed by atoms with Crippen LogP contribution in [-0.4, -0.2) is 47.4 Å². The first-order valence-electron chi connectivity index (χ1n) is 9.67.